The summed E-state index contributed by atoms with van der Waals surface area (Å²) >= 11 is 0. The molecule has 1 fully saturated rings. The van der Waals surface area contributed by atoms with Gasteiger partial charge in [0, 0.05) is 45.5 Å². The highest BCUT2D eigenvalue weighted by Crippen LogP contribution is 2.07. The minimum absolute atomic E-state index is 0.354. The number of sulfonamides is 1. The van der Waals surface area contributed by atoms with Crippen molar-refractivity contribution in [2.45, 2.75) is 0 Å². The second kappa shape index (κ2) is 7.12. The van der Waals surface area contributed by atoms with Gasteiger partial charge in [0.1, 0.15) is 5.92 Å². The first-order valence-electron chi connectivity index (χ1n) is 7.08. The molecule has 0 aromatic heterocycles. The van der Waals surface area contributed by atoms with Crippen LogP contribution in [0.1, 0.15) is 0 Å². The van der Waals surface area contributed by atoms with E-state index in [0.717, 1.165) is 0 Å². The minimum Gasteiger partial charge on any atom is -0.354 e. The van der Waals surface area contributed by atoms with Crippen LogP contribution in [0.3, 0.4) is 0 Å². The molecule has 2 rings (SSSR count). The molecule has 9 heteroatoms. The molecule has 0 radical (unpaired) electrons. The zero-order chi connectivity index (χ0) is 16.2. The van der Waals surface area contributed by atoms with Gasteiger partial charge >= 0.3 is 0 Å². The number of allylic oxidation sites excluding steroid dienone is 1. The molecule has 2 aliphatic heterocycles. The average Bonchev–Trinajstić information content (AvgIpc) is 2.47. The Kier molecular flexibility index (Phi) is 5.43. The Morgan fingerprint density at radius 2 is 2.05 bits per heavy atom. The van der Waals surface area contributed by atoms with Gasteiger partial charge in [-0.25, -0.2) is 13.4 Å². The Morgan fingerprint density at radius 1 is 1.36 bits per heavy atom. The predicted octanol–water partition coefficient (Wildman–Crippen LogP) is -1.54. The maximum absolute atomic E-state index is 11.9. The highest BCUT2D eigenvalue weighted by molar-refractivity contribution is 7.88. The molecule has 1 saturated heterocycles. The topological polar surface area (TPSA) is 99.2 Å². The summed E-state index contributed by atoms with van der Waals surface area (Å²) in [5.41, 5.74) is 0. The number of aliphatic imine (C=N–C) groups is 1. The summed E-state index contributed by atoms with van der Waals surface area (Å²) in [5, 5.41) is 2.71. The highest BCUT2D eigenvalue weighted by atomic mass is 32.2. The van der Waals surface area contributed by atoms with Crippen LogP contribution in [0.4, 0.5) is 0 Å². The van der Waals surface area contributed by atoms with Gasteiger partial charge in [-0.2, -0.15) is 4.31 Å². The third kappa shape index (κ3) is 4.46. The van der Waals surface area contributed by atoms with Gasteiger partial charge in [-0.15, -0.1) is 0 Å². The summed E-state index contributed by atoms with van der Waals surface area (Å²) < 4.78 is 24.3. The summed E-state index contributed by atoms with van der Waals surface area (Å²) in [5.74, 6) is -1.65. The number of piperazine rings is 1. The van der Waals surface area contributed by atoms with E-state index in [-0.39, 0.29) is 5.91 Å². The molecule has 2 heterocycles. The van der Waals surface area contributed by atoms with Crippen molar-refractivity contribution in [1.82, 2.24) is 14.5 Å². The fourth-order valence-electron chi connectivity index (χ4n) is 2.37. The van der Waals surface area contributed by atoms with Crippen LogP contribution < -0.4 is 5.32 Å². The largest absolute Gasteiger partial charge is 0.354 e. The predicted molar refractivity (Wildman–Crippen MR) is 82.0 cm³/mol. The number of hydrogen-bond acceptors (Lipinski definition) is 5. The Balaban J connectivity index is 1.70. The molecule has 2 aliphatic rings. The van der Waals surface area contributed by atoms with E-state index >= 15 is 0 Å². The van der Waals surface area contributed by atoms with Gasteiger partial charge in [0.15, 0.2) is 0 Å². The fourth-order valence-corrected chi connectivity index (χ4v) is 3.20. The lowest BCUT2D eigenvalue weighted by Gasteiger charge is -2.33. The van der Waals surface area contributed by atoms with E-state index in [1.807, 2.05) is 0 Å². The van der Waals surface area contributed by atoms with Crippen LogP contribution in [0.15, 0.2) is 17.1 Å². The van der Waals surface area contributed by atoms with E-state index < -0.39 is 21.8 Å². The van der Waals surface area contributed by atoms with Gasteiger partial charge in [0.25, 0.3) is 5.91 Å². The zero-order valence-corrected chi connectivity index (χ0v) is 13.3. The molecular formula is C13H20N4O4S. The van der Waals surface area contributed by atoms with Crippen molar-refractivity contribution in [2.75, 3.05) is 45.5 Å². The third-order valence-electron chi connectivity index (χ3n) is 3.67. The average molecular weight is 328 g/mol. The Hall–Kier alpha value is -1.58. The molecule has 0 saturated carbocycles. The molecular weight excluding hydrogens is 308 g/mol. The number of dihydropyridines is 1. The van der Waals surface area contributed by atoms with Gasteiger partial charge in [-0.1, -0.05) is 6.08 Å². The van der Waals surface area contributed by atoms with E-state index in [1.54, 1.807) is 6.08 Å². The Bertz CT molecular complexity index is 591. The lowest BCUT2D eigenvalue weighted by Crippen LogP contribution is -2.50. The van der Waals surface area contributed by atoms with E-state index in [0.29, 0.717) is 39.3 Å². The molecule has 1 unspecified atom stereocenters. The SMILES string of the molecule is CS(=O)(=O)N1CCN(CCNC(=O)C2C=CC=NC2=O)CC1. The van der Waals surface area contributed by atoms with Crippen molar-refractivity contribution in [1.29, 1.82) is 0 Å². The monoisotopic (exact) mass is 328 g/mol. The second-order valence-corrected chi connectivity index (χ2v) is 7.26. The quantitative estimate of drug-likeness (QED) is 0.617. The van der Waals surface area contributed by atoms with E-state index in [2.05, 4.69) is 15.2 Å². The molecule has 0 aromatic carbocycles. The first-order chi connectivity index (χ1) is 10.4. The number of hydrogen-bond donors (Lipinski definition) is 1. The molecule has 122 valence electrons. The van der Waals surface area contributed by atoms with Crippen LogP contribution in [0.5, 0.6) is 0 Å². The van der Waals surface area contributed by atoms with Gasteiger partial charge in [0.05, 0.1) is 6.26 Å². The van der Waals surface area contributed by atoms with Crippen LogP contribution in [0.2, 0.25) is 0 Å². The summed E-state index contributed by atoms with van der Waals surface area (Å²) in [6.45, 7) is 3.23. The zero-order valence-electron chi connectivity index (χ0n) is 12.4. The van der Waals surface area contributed by atoms with Gasteiger partial charge in [-0.3, -0.25) is 14.5 Å². The third-order valence-corrected chi connectivity index (χ3v) is 4.97. The molecule has 0 aliphatic carbocycles. The molecule has 1 N–H and O–H groups in total. The maximum atomic E-state index is 11.9. The molecule has 2 amide bonds. The first-order valence-corrected chi connectivity index (χ1v) is 8.92. The minimum atomic E-state index is -3.13. The Morgan fingerprint density at radius 3 is 2.64 bits per heavy atom. The summed E-state index contributed by atoms with van der Waals surface area (Å²) in [6.07, 6.45) is 5.68. The van der Waals surface area contributed by atoms with Crippen molar-refractivity contribution in [3.05, 3.63) is 12.2 Å². The van der Waals surface area contributed by atoms with Crippen LogP contribution in [0, 0.1) is 5.92 Å². The Labute approximate surface area is 129 Å². The molecule has 22 heavy (non-hydrogen) atoms. The highest BCUT2D eigenvalue weighted by Gasteiger charge is 2.25. The van der Waals surface area contributed by atoms with Gasteiger partial charge < -0.3 is 5.32 Å². The second-order valence-electron chi connectivity index (χ2n) is 5.27. The van der Waals surface area contributed by atoms with E-state index in [9.17, 15) is 18.0 Å². The number of carbonyl (C=O) groups excluding carboxylic acids is 2. The standard InChI is InChI=1S/C13H20N4O4S/c1-22(20,21)17-9-7-16(8-10-17)6-5-15-13(19)11-3-2-4-14-12(11)18/h2-4,11H,5-10H2,1H3,(H,15,19). The maximum Gasteiger partial charge on any atom is 0.262 e. The van der Waals surface area contributed by atoms with E-state index in [4.69, 9.17) is 0 Å². The van der Waals surface area contributed by atoms with Crippen molar-refractivity contribution in [3.8, 4) is 0 Å². The molecule has 0 aromatic rings. The van der Waals surface area contributed by atoms with E-state index in [1.165, 1.54) is 22.9 Å². The number of nitrogens with zero attached hydrogens (tertiary/aromatic N) is 3. The lowest BCUT2D eigenvalue weighted by atomic mass is 10.1. The van der Waals surface area contributed by atoms with Crippen molar-refractivity contribution < 1.29 is 18.0 Å². The molecule has 8 nitrogen and oxygen atoms in total. The number of nitrogens with one attached hydrogen (secondary N) is 1. The van der Waals surface area contributed by atoms with Crippen molar-refractivity contribution >= 4 is 28.1 Å². The summed E-state index contributed by atoms with van der Waals surface area (Å²) in [4.78, 5) is 29.0. The van der Waals surface area contributed by atoms with Crippen LogP contribution in [-0.4, -0.2) is 81.2 Å². The van der Waals surface area contributed by atoms with Crippen molar-refractivity contribution in [2.24, 2.45) is 10.9 Å². The van der Waals surface area contributed by atoms with Crippen LogP contribution in [-0.2, 0) is 19.6 Å². The molecule has 1 atom stereocenters. The fraction of sp³-hybridized carbons (Fsp3) is 0.615. The number of amides is 2. The molecule has 0 spiro atoms. The van der Waals surface area contributed by atoms with Crippen LogP contribution in [0.25, 0.3) is 0 Å². The van der Waals surface area contributed by atoms with Crippen molar-refractivity contribution in [3.63, 3.8) is 0 Å². The molecule has 0 bridgehead atoms. The summed E-state index contributed by atoms with van der Waals surface area (Å²) in [6, 6.07) is 0. The number of rotatable bonds is 5. The van der Waals surface area contributed by atoms with Crippen LogP contribution >= 0.6 is 0 Å². The number of carbonyl (C=O) groups is 2. The normalized spacial score (nSPS) is 23.7. The smallest absolute Gasteiger partial charge is 0.262 e. The van der Waals surface area contributed by atoms with Gasteiger partial charge in [0.2, 0.25) is 15.9 Å². The summed E-state index contributed by atoms with van der Waals surface area (Å²) in [7, 11) is -3.13. The van der Waals surface area contributed by atoms with Gasteiger partial charge in [-0.05, 0) is 6.08 Å². The first kappa shape index (κ1) is 16.8. The lowest BCUT2D eigenvalue weighted by molar-refractivity contribution is -0.131.